The number of hydrogen-bond donors (Lipinski definition) is 0. The lowest BCUT2D eigenvalue weighted by molar-refractivity contribution is 0.0699. The number of para-hydroxylation sites is 1. The van der Waals surface area contributed by atoms with E-state index in [1.165, 1.54) is 15.6 Å². The van der Waals surface area contributed by atoms with Gasteiger partial charge in [0.05, 0.1) is 17.2 Å². The first-order valence-corrected chi connectivity index (χ1v) is 9.66. The first kappa shape index (κ1) is 16.4. The van der Waals surface area contributed by atoms with Crippen molar-refractivity contribution in [3.63, 3.8) is 0 Å². The summed E-state index contributed by atoms with van der Waals surface area (Å²) in [5.41, 5.74) is 1.56. The lowest BCUT2D eigenvalue weighted by atomic mass is 10.1. The normalized spacial score (nSPS) is 19.3. The summed E-state index contributed by atoms with van der Waals surface area (Å²) in [6.07, 6.45) is -0.360. The van der Waals surface area contributed by atoms with E-state index in [1.807, 2.05) is 48.6 Å². The van der Waals surface area contributed by atoms with Gasteiger partial charge in [0, 0.05) is 19.2 Å². The summed E-state index contributed by atoms with van der Waals surface area (Å²) in [5, 5.41) is 1.81. The molecular formula is C16H20N2O3S2. The topological polar surface area (TPSA) is 49.9 Å². The number of anilines is 1. The third kappa shape index (κ3) is 2.89. The Bertz CT molecular complexity index is 799. The smallest absolute Gasteiger partial charge is 0.265 e. The number of thiophene rings is 1. The molecule has 1 aromatic carbocycles. The zero-order valence-corrected chi connectivity index (χ0v) is 15.0. The number of hydrogen-bond acceptors (Lipinski definition) is 5. The van der Waals surface area contributed by atoms with Gasteiger partial charge in [-0.05, 0) is 31.6 Å². The molecule has 1 atom stereocenters. The highest BCUT2D eigenvalue weighted by atomic mass is 32.2. The van der Waals surface area contributed by atoms with Gasteiger partial charge in [-0.2, -0.15) is 0 Å². The van der Waals surface area contributed by atoms with Crippen LogP contribution in [-0.2, 0) is 14.8 Å². The minimum absolute atomic E-state index is 0.344. The van der Waals surface area contributed by atoms with Crippen LogP contribution in [0, 0.1) is 0 Å². The van der Waals surface area contributed by atoms with Gasteiger partial charge < -0.3 is 9.64 Å². The molecule has 0 saturated heterocycles. The predicted molar refractivity (Wildman–Crippen MR) is 92.7 cm³/mol. The van der Waals surface area contributed by atoms with Crippen molar-refractivity contribution in [2.24, 2.45) is 0 Å². The van der Waals surface area contributed by atoms with Crippen molar-refractivity contribution in [1.82, 2.24) is 4.90 Å². The lowest BCUT2D eigenvalue weighted by Gasteiger charge is -2.21. The third-order valence-corrected chi connectivity index (χ3v) is 6.83. The van der Waals surface area contributed by atoms with Crippen LogP contribution in [0.4, 0.5) is 5.69 Å². The van der Waals surface area contributed by atoms with Crippen LogP contribution in [0.25, 0.3) is 0 Å². The summed E-state index contributed by atoms with van der Waals surface area (Å²) in [7, 11) is 2.02. The van der Waals surface area contributed by atoms with Crippen LogP contribution in [0.15, 0.2) is 40.6 Å². The molecule has 0 amide bonds. The van der Waals surface area contributed by atoms with E-state index in [0.29, 0.717) is 17.2 Å². The lowest BCUT2D eigenvalue weighted by Crippen LogP contribution is -2.26. The van der Waals surface area contributed by atoms with E-state index in [9.17, 15) is 8.42 Å². The minimum Gasteiger partial charge on any atom is -0.366 e. The first-order chi connectivity index (χ1) is 10.9. The van der Waals surface area contributed by atoms with Crippen LogP contribution in [0.3, 0.4) is 0 Å². The molecule has 0 bridgehead atoms. The van der Waals surface area contributed by atoms with E-state index in [-0.39, 0.29) is 6.10 Å². The van der Waals surface area contributed by atoms with Gasteiger partial charge in [0.15, 0.2) is 0 Å². The molecule has 5 nitrogen and oxygen atoms in total. The fourth-order valence-electron chi connectivity index (χ4n) is 2.65. The number of fused-ring (bicyclic) bond motifs is 2. The molecule has 23 heavy (non-hydrogen) atoms. The fraction of sp³-hybridized carbons (Fsp3) is 0.375. The van der Waals surface area contributed by atoms with Crippen molar-refractivity contribution in [3.05, 3.63) is 46.2 Å². The Morgan fingerprint density at radius 3 is 2.74 bits per heavy atom. The summed E-state index contributed by atoms with van der Waals surface area (Å²) in [4.78, 5) is 3.14. The van der Waals surface area contributed by atoms with Gasteiger partial charge in [-0.25, -0.2) is 8.42 Å². The Kier molecular flexibility index (Phi) is 4.46. The Morgan fingerprint density at radius 2 is 2.00 bits per heavy atom. The Labute approximate surface area is 141 Å². The molecule has 0 radical (unpaired) electrons. The van der Waals surface area contributed by atoms with Gasteiger partial charge in [-0.3, -0.25) is 4.31 Å². The zero-order valence-electron chi connectivity index (χ0n) is 13.4. The third-order valence-electron chi connectivity index (χ3n) is 3.92. The van der Waals surface area contributed by atoms with Gasteiger partial charge in [-0.1, -0.05) is 18.2 Å². The largest absolute Gasteiger partial charge is 0.366 e. The maximum Gasteiger partial charge on any atom is 0.265 e. The number of ether oxygens (including phenoxy) is 1. The van der Waals surface area contributed by atoms with Gasteiger partial charge in [-0.15, -0.1) is 11.3 Å². The Hall–Kier alpha value is -1.41. The molecule has 3 rings (SSSR count). The van der Waals surface area contributed by atoms with Crippen LogP contribution >= 0.6 is 11.3 Å². The fourth-order valence-corrected chi connectivity index (χ4v) is 5.37. The van der Waals surface area contributed by atoms with Crippen molar-refractivity contribution in [2.75, 3.05) is 38.6 Å². The monoisotopic (exact) mass is 352 g/mol. The van der Waals surface area contributed by atoms with Crippen molar-refractivity contribution < 1.29 is 13.2 Å². The van der Waals surface area contributed by atoms with Crippen molar-refractivity contribution in [3.8, 4) is 0 Å². The standard InChI is InChI=1S/C16H20N2O3S2/c1-17(2)9-10-21-15-12-6-4-5-7-13(12)18(3)23(19,20)14-8-11-22-16(14)15/h4-8,11,15H,9-10H2,1-3H3. The average Bonchev–Trinajstić information content (AvgIpc) is 2.98. The van der Waals surface area contributed by atoms with Crippen LogP contribution in [0.2, 0.25) is 0 Å². The molecule has 1 aliphatic heterocycles. The summed E-state index contributed by atoms with van der Waals surface area (Å²) >= 11 is 1.43. The van der Waals surface area contributed by atoms with Gasteiger partial charge in [0.2, 0.25) is 0 Å². The number of benzene rings is 1. The average molecular weight is 352 g/mol. The van der Waals surface area contributed by atoms with E-state index in [0.717, 1.165) is 17.0 Å². The first-order valence-electron chi connectivity index (χ1n) is 7.34. The molecule has 0 fully saturated rings. The molecule has 7 heteroatoms. The summed E-state index contributed by atoms with van der Waals surface area (Å²) < 4.78 is 33.1. The molecule has 0 spiro atoms. The second-order valence-electron chi connectivity index (χ2n) is 5.73. The molecule has 2 heterocycles. The second kappa shape index (κ2) is 6.24. The molecule has 2 aromatic rings. The van der Waals surface area contributed by atoms with E-state index in [2.05, 4.69) is 0 Å². The van der Waals surface area contributed by atoms with Crippen LogP contribution in [-0.4, -0.2) is 47.6 Å². The summed E-state index contributed by atoms with van der Waals surface area (Å²) in [5.74, 6) is 0. The van der Waals surface area contributed by atoms with E-state index in [4.69, 9.17) is 4.74 Å². The van der Waals surface area contributed by atoms with E-state index in [1.54, 1.807) is 13.1 Å². The van der Waals surface area contributed by atoms with Gasteiger partial charge >= 0.3 is 0 Å². The van der Waals surface area contributed by atoms with Gasteiger partial charge in [0.25, 0.3) is 10.0 Å². The highest BCUT2D eigenvalue weighted by Crippen LogP contribution is 2.43. The quantitative estimate of drug-likeness (QED) is 0.849. The maximum absolute atomic E-state index is 12.8. The summed E-state index contributed by atoms with van der Waals surface area (Å²) in [6, 6.07) is 9.20. The number of rotatable bonds is 4. The SMILES string of the molecule is CN(C)CCOC1c2ccccc2N(C)S(=O)(=O)c2ccsc21. The molecule has 124 valence electrons. The summed E-state index contributed by atoms with van der Waals surface area (Å²) in [6.45, 7) is 1.31. The molecular weight excluding hydrogens is 332 g/mol. The highest BCUT2D eigenvalue weighted by Gasteiger charge is 2.36. The molecule has 0 aliphatic carbocycles. The van der Waals surface area contributed by atoms with Crippen molar-refractivity contribution in [1.29, 1.82) is 0 Å². The Morgan fingerprint density at radius 1 is 1.26 bits per heavy atom. The van der Waals surface area contributed by atoms with Crippen LogP contribution < -0.4 is 4.31 Å². The molecule has 0 N–H and O–H groups in total. The van der Waals surface area contributed by atoms with Gasteiger partial charge in [0.1, 0.15) is 11.0 Å². The van der Waals surface area contributed by atoms with Crippen molar-refractivity contribution >= 4 is 27.0 Å². The van der Waals surface area contributed by atoms with E-state index < -0.39 is 10.0 Å². The number of likely N-dealkylation sites (N-methyl/N-ethyl adjacent to an activating group) is 1. The van der Waals surface area contributed by atoms with Crippen LogP contribution in [0.5, 0.6) is 0 Å². The molecule has 1 unspecified atom stereocenters. The van der Waals surface area contributed by atoms with Crippen molar-refractivity contribution in [2.45, 2.75) is 11.0 Å². The second-order valence-corrected chi connectivity index (χ2v) is 8.62. The Balaban J connectivity index is 2.11. The maximum atomic E-state index is 12.8. The highest BCUT2D eigenvalue weighted by molar-refractivity contribution is 7.93. The molecule has 1 aliphatic rings. The molecule has 0 saturated carbocycles. The zero-order chi connectivity index (χ0) is 16.6. The number of sulfonamides is 1. The minimum atomic E-state index is -3.55. The van der Waals surface area contributed by atoms with Crippen LogP contribution in [0.1, 0.15) is 16.5 Å². The predicted octanol–water partition coefficient (Wildman–Crippen LogP) is 2.55. The molecule has 1 aromatic heterocycles. The van der Waals surface area contributed by atoms with E-state index >= 15 is 0 Å². The number of nitrogens with zero attached hydrogens (tertiary/aromatic N) is 2.